The Labute approximate surface area is 75.3 Å². The lowest BCUT2D eigenvalue weighted by Gasteiger charge is -2.19. The normalized spacial score (nSPS) is 15.1. The van der Waals surface area contributed by atoms with Gasteiger partial charge in [0.2, 0.25) is 0 Å². The second-order valence-electron chi connectivity index (χ2n) is 2.95. The third-order valence-corrected chi connectivity index (χ3v) is 1.89. The summed E-state index contributed by atoms with van der Waals surface area (Å²) in [6.07, 6.45) is 1.16. The number of aliphatic hydroxyl groups is 1. The molecule has 1 aromatic carbocycles. The third-order valence-electron chi connectivity index (χ3n) is 1.89. The van der Waals surface area contributed by atoms with Crippen molar-refractivity contribution in [2.75, 3.05) is 0 Å². The summed E-state index contributed by atoms with van der Waals surface area (Å²) in [7, 11) is 0. The molecular weight excluding hydrogens is 174 g/mol. The molecule has 1 N–H and O–H groups in total. The van der Waals surface area contributed by atoms with Gasteiger partial charge in [-0.05, 0) is 13.0 Å². The molecule has 0 heterocycles. The van der Waals surface area contributed by atoms with Crippen molar-refractivity contribution >= 4 is 0 Å². The van der Waals surface area contributed by atoms with Gasteiger partial charge in [0.1, 0.15) is 5.60 Å². The number of rotatable bonds is 2. The molecule has 0 aliphatic carbocycles. The van der Waals surface area contributed by atoms with Crippen LogP contribution in [0.15, 0.2) is 30.9 Å². The molecule has 1 nitrogen and oxygen atoms in total. The van der Waals surface area contributed by atoms with Crippen LogP contribution in [0.25, 0.3) is 0 Å². The van der Waals surface area contributed by atoms with Gasteiger partial charge in [0.05, 0.1) is 0 Å². The first-order valence-electron chi connectivity index (χ1n) is 3.79. The van der Waals surface area contributed by atoms with E-state index < -0.39 is 17.2 Å². The van der Waals surface area contributed by atoms with Gasteiger partial charge in [0, 0.05) is 5.56 Å². The molecule has 0 saturated carbocycles. The quantitative estimate of drug-likeness (QED) is 0.699. The fraction of sp³-hybridized carbons (Fsp3) is 0.200. The lowest BCUT2D eigenvalue weighted by Crippen LogP contribution is -2.19. The van der Waals surface area contributed by atoms with E-state index in [0.717, 1.165) is 12.1 Å². The summed E-state index contributed by atoms with van der Waals surface area (Å²) in [5.74, 6) is -2.01. The van der Waals surface area contributed by atoms with Gasteiger partial charge in [-0.25, -0.2) is 8.78 Å². The van der Waals surface area contributed by atoms with Gasteiger partial charge in [0.25, 0.3) is 0 Å². The van der Waals surface area contributed by atoms with Crippen molar-refractivity contribution in [1.29, 1.82) is 0 Å². The molecule has 1 rings (SSSR count). The molecule has 0 aliphatic heterocycles. The zero-order valence-corrected chi connectivity index (χ0v) is 7.22. The van der Waals surface area contributed by atoms with Crippen molar-refractivity contribution in [3.8, 4) is 0 Å². The fourth-order valence-electron chi connectivity index (χ4n) is 1.00. The summed E-state index contributed by atoms with van der Waals surface area (Å²) >= 11 is 0. The SMILES string of the molecule is C=CC(C)(O)c1cccc(F)c1F. The Hall–Kier alpha value is -1.22. The first kappa shape index (κ1) is 9.86. The standard InChI is InChI=1S/C10H10F2O/c1-3-10(2,13)7-5-4-6-8(11)9(7)12/h3-6,13H,1H2,2H3. The van der Waals surface area contributed by atoms with Gasteiger partial charge in [-0.1, -0.05) is 24.8 Å². The Balaban J connectivity index is 3.30. The summed E-state index contributed by atoms with van der Waals surface area (Å²) in [4.78, 5) is 0. The van der Waals surface area contributed by atoms with E-state index in [4.69, 9.17) is 0 Å². The largest absolute Gasteiger partial charge is 0.381 e. The van der Waals surface area contributed by atoms with E-state index >= 15 is 0 Å². The summed E-state index contributed by atoms with van der Waals surface area (Å²) in [5.41, 5.74) is -1.64. The number of hydrogen-bond acceptors (Lipinski definition) is 1. The molecule has 0 fully saturated rings. The van der Waals surface area contributed by atoms with Gasteiger partial charge >= 0.3 is 0 Å². The zero-order chi connectivity index (χ0) is 10.1. The third kappa shape index (κ3) is 1.75. The molecule has 0 amide bonds. The molecule has 70 valence electrons. The summed E-state index contributed by atoms with van der Waals surface area (Å²) in [6.45, 7) is 4.69. The van der Waals surface area contributed by atoms with E-state index in [1.807, 2.05) is 0 Å². The van der Waals surface area contributed by atoms with E-state index in [1.54, 1.807) is 0 Å². The second kappa shape index (κ2) is 3.26. The maximum absolute atomic E-state index is 13.1. The lowest BCUT2D eigenvalue weighted by atomic mass is 9.96. The summed E-state index contributed by atoms with van der Waals surface area (Å²) < 4.78 is 25.8. The Bertz CT molecular complexity index is 332. The van der Waals surface area contributed by atoms with Crippen molar-refractivity contribution in [3.63, 3.8) is 0 Å². The first-order chi connectivity index (χ1) is 5.99. The second-order valence-corrected chi connectivity index (χ2v) is 2.95. The predicted molar refractivity (Wildman–Crippen MR) is 46.1 cm³/mol. The topological polar surface area (TPSA) is 20.2 Å². The van der Waals surface area contributed by atoms with E-state index in [-0.39, 0.29) is 5.56 Å². The van der Waals surface area contributed by atoms with Gasteiger partial charge in [-0.2, -0.15) is 0 Å². The van der Waals surface area contributed by atoms with Crippen LogP contribution in [0, 0.1) is 11.6 Å². The van der Waals surface area contributed by atoms with Crippen LogP contribution in [-0.4, -0.2) is 5.11 Å². The Kier molecular flexibility index (Phi) is 2.48. The van der Waals surface area contributed by atoms with E-state index in [2.05, 4.69) is 6.58 Å². The van der Waals surface area contributed by atoms with E-state index in [0.29, 0.717) is 0 Å². The zero-order valence-electron chi connectivity index (χ0n) is 7.22. The molecule has 0 bridgehead atoms. The predicted octanol–water partition coefficient (Wildman–Crippen LogP) is 2.36. The minimum atomic E-state index is -1.54. The molecule has 0 saturated heterocycles. The van der Waals surface area contributed by atoms with Crippen LogP contribution in [0.5, 0.6) is 0 Å². The molecule has 0 spiro atoms. The van der Waals surface area contributed by atoms with Crippen LogP contribution in [0.4, 0.5) is 8.78 Å². The molecular formula is C10H10F2O. The van der Waals surface area contributed by atoms with E-state index in [1.165, 1.54) is 19.1 Å². The van der Waals surface area contributed by atoms with Gasteiger partial charge in [-0.15, -0.1) is 0 Å². The van der Waals surface area contributed by atoms with Crippen molar-refractivity contribution in [3.05, 3.63) is 48.1 Å². The highest BCUT2D eigenvalue weighted by Crippen LogP contribution is 2.25. The lowest BCUT2D eigenvalue weighted by molar-refractivity contribution is 0.106. The maximum Gasteiger partial charge on any atom is 0.165 e. The number of hydrogen-bond donors (Lipinski definition) is 1. The van der Waals surface area contributed by atoms with Crippen LogP contribution in [0.2, 0.25) is 0 Å². The average molecular weight is 184 g/mol. The molecule has 0 radical (unpaired) electrons. The van der Waals surface area contributed by atoms with Crippen LogP contribution in [0.3, 0.4) is 0 Å². The highest BCUT2D eigenvalue weighted by Gasteiger charge is 2.24. The first-order valence-corrected chi connectivity index (χ1v) is 3.79. The summed E-state index contributed by atoms with van der Waals surface area (Å²) in [5, 5.41) is 9.58. The molecule has 1 atom stereocenters. The van der Waals surface area contributed by atoms with E-state index in [9.17, 15) is 13.9 Å². The number of benzene rings is 1. The molecule has 3 heteroatoms. The van der Waals surface area contributed by atoms with Crippen LogP contribution >= 0.6 is 0 Å². The van der Waals surface area contributed by atoms with Gasteiger partial charge in [0.15, 0.2) is 11.6 Å². The fourth-order valence-corrected chi connectivity index (χ4v) is 1.00. The Morgan fingerprint density at radius 1 is 1.46 bits per heavy atom. The van der Waals surface area contributed by atoms with Crippen molar-refractivity contribution in [2.24, 2.45) is 0 Å². The summed E-state index contributed by atoms with van der Waals surface area (Å²) in [6, 6.07) is 3.66. The van der Waals surface area contributed by atoms with Gasteiger partial charge in [-0.3, -0.25) is 0 Å². The van der Waals surface area contributed by atoms with Crippen LogP contribution < -0.4 is 0 Å². The molecule has 13 heavy (non-hydrogen) atoms. The minimum absolute atomic E-state index is 0.109. The molecule has 0 aromatic heterocycles. The van der Waals surface area contributed by atoms with Crippen LogP contribution in [-0.2, 0) is 5.60 Å². The van der Waals surface area contributed by atoms with Crippen molar-refractivity contribution in [1.82, 2.24) is 0 Å². The molecule has 1 unspecified atom stereocenters. The van der Waals surface area contributed by atoms with Crippen molar-refractivity contribution in [2.45, 2.75) is 12.5 Å². The average Bonchev–Trinajstić information content (AvgIpc) is 2.09. The highest BCUT2D eigenvalue weighted by atomic mass is 19.2. The molecule has 0 aliphatic rings. The smallest absolute Gasteiger partial charge is 0.165 e. The maximum atomic E-state index is 13.1. The Morgan fingerprint density at radius 2 is 2.08 bits per heavy atom. The molecule has 1 aromatic rings. The monoisotopic (exact) mass is 184 g/mol. The van der Waals surface area contributed by atoms with Crippen LogP contribution in [0.1, 0.15) is 12.5 Å². The number of halogens is 2. The minimum Gasteiger partial charge on any atom is -0.381 e. The van der Waals surface area contributed by atoms with Crippen molar-refractivity contribution < 1.29 is 13.9 Å². The van der Waals surface area contributed by atoms with Gasteiger partial charge < -0.3 is 5.11 Å². The Morgan fingerprint density at radius 3 is 2.62 bits per heavy atom. The highest BCUT2D eigenvalue weighted by molar-refractivity contribution is 5.28.